The van der Waals surface area contributed by atoms with Gasteiger partial charge in [-0.1, -0.05) is 41.1 Å². The Morgan fingerprint density at radius 3 is 2.59 bits per heavy atom. The molecule has 0 saturated heterocycles. The number of nitrogens with zero attached hydrogens (tertiary/aromatic N) is 2. The van der Waals surface area contributed by atoms with Crippen molar-refractivity contribution in [3.8, 4) is 5.69 Å². The Hall–Kier alpha value is -2.31. The van der Waals surface area contributed by atoms with Crippen LogP contribution in [0, 0.1) is 6.92 Å². The first kappa shape index (κ1) is 19.5. The van der Waals surface area contributed by atoms with Gasteiger partial charge in [-0.15, -0.1) is 0 Å². The average molecular weight is 402 g/mol. The predicted molar refractivity (Wildman–Crippen MR) is 111 cm³/mol. The van der Waals surface area contributed by atoms with E-state index in [2.05, 4.69) is 10.3 Å². The number of thioether (sulfide) groups is 1. The standard InChI is InChI=1S/C20H20ClN3O2S/c1-12(2)22-18(25)11-27-20-23-17-10-14(21)6-9-16(17)19(26)24(20)15-7-4-13(3)5-8-15/h4-10,12H,11H2,1-3H3,(H,22,25). The number of aryl methyl sites for hydroxylation is 1. The summed E-state index contributed by atoms with van der Waals surface area (Å²) in [6.07, 6.45) is 0. The molecule has 1 heterocycles. The summed E-state index contributed by atoms with van der Waals surface area (Å²) in [4.78, 5) is 29.8. The van der Waals surface area contributed by atoms with Crippen molar-refractivity contribution >= 4 is 40.2 Å². The molecule has 0 radical (unpaired) electrons. The van der Waals surface area contributed by atoms with Crippen LogP contribution >= 0.6 is 23.4 Å². The van der Waals surface area contributed by atoms with Crippen molar-refractivity contribution in [3.63, 3.8) is 0 Å². The third kappa shape index (κ3) is 4.51. The number of fused-ring (bicyclic) bond motifs is 1. The van der Waals surface area contributed by atoms with Crippen molar-refractivity contribution in [2.24, 2.45) is 0 Å². The molecule has 1 N–H and O–H groups in total. The van der Waals surface area contributed by atoms with Crippen LogP contribution in [0.25, 0.3) is 16.6 Å². The molecule has 0 fully saturated rings. The van der Waals surface area contributed by atoms with E-state index in [4.69, 9.17) is 11.6 Å². The largest absolute Gasteiger partial charge is 0.353 e. The maximum absolute atomic E-state index is 13.1. The van der Waals surface area contributed by atoms with E-state index in [1.807, 2.05) is 45.0 Å². The molecule has 140 valence electrons. The highest BCUT2D eigenvalue weighted by Gasteiger charge is 2.15. The normalized spacial score (nSPS) is 11.1. The van der Waals surface area contributed by atoms with Crippen LogP contribution in [-0.2, 0) is 4.79 Å². The summed E-state index contributed by atoms with van der Waals surface area (Å²) in [5.41, 5.74) is 2.13. The Morgan fingerprint density at radius 2 is 1.93 bits per heavy atom. The van der Waals surface area contributed by atoms with Gasteiger partial charge in [-0.3, -0.25) is 14.2 Å². The zero-order valence-corrected chi connectivity index (χ0v) is 16.9. The van der Waals surface area contributed by atoms with E-state index in [1.165, 1.54) is 11.8 Å². The van der Waals surface area contributed by atoms with E-state index < -0.39 is 0 Å². The number of hydrogen-bond donors (Lipinski definition) is 1. The maximum atomic E-state index is 13.1. The molecule has 0 aliphatic heterocycles. The Balaban J connectivity index is 2.10. The zero-order valence-electron chi connectivity index (χ0n) is 15.3. The summed E-state index contributed by atoms with van der Waals surface area (Å²) < 4.78 is 1.54. The Bertz CT molecular complexity index is 1050. The monoisotopic (exact) mass is 401 g/mol. The number of amides is 1. The van der Waals surface area contributed by atoms with Gasteiger partial charge < -0.3 is 5.32 Å². The molecule has 7 heteroatoms. The molecule has 5 nitrogen and oxygen atoms in total. The SMILES string of the molecule is Cc1ccc(-n2c(SCC(=O)NC(C)C)nc3cc(Cl)ccc3c2=O)cc1. The van der Waals surface area contributed by atoms with Gasteiger partial charge in [0.1, 0.15) is 0 Å². The van der Waals surface area contributed by atoms with Gasteiger partial charge in [0.2, 0.25) is 5.91 Å². The van der Waals surface area contributed by atoms with Crippen molar-refractivity contribution in [2.75, 3.05) is 5.75 Å². The summed E-state index contributed by atoms with van der Waals surface area (Å²) in [6, 6.07) is 12.7. The third-order valence-electron chi connectivity index (χ3n) is 3.87. The Kier molecular flexibility index (Phi) is 5.87. The van der Waals surface area contributed by atoms with Crippen LogP contribution in [-0.4, -0.2) is 27.3 Å². The van der Waals surface area contributed by atoms with Gasteiger partial charge in [-0.2, -0.15) is 0 Å². The summed E-state index contributed by atoms with van der Waals surface area (Å²) in [7, 11) is 0. The van der Waals surface area contributed by atoms with Crippen molar-refractivity contribution in [3.05, 3.63) is 63.4 Å². The van der Waals surface area contributed by atoms with Gasteiger partial charge in [0.15, 0.2) is 5.16 Å². The minimum absolute atomic E-state index is 0.0563. The summed E-state index contributed by atoms with van der Waals surface area (Å²) >= 11 is 7.29. The van der Waals surface area contributed by atoms with Gasteiger partial charge in [0, 0.05) is 11.1 Å². The molecule has 0 saturated carbocycles. The van der Waals surface area contributed by atoms with E-state index in [0.717, 1.165) is 5.56 Å². The molecular formula is C20H20ClN3O2S. The first-order chi connectivity index (χ1) is 12.8. The fraction of sp³-hybridized carbons (Fsp3) is 0.250. The number of aromatic nitrogens is 2. The fourth-order valence-corrected chi connectivity index (χ4v) is 3.64. The molecule has 0 atom stereocenters. The van der Waals surface area contributed by atoms with Crippen molar-refractivity contribution in [1.82, 2.24) is 14.9 Å². The first-order valence-corrected chi connectivity index (χ1v) is 9.93. The lowest BCUT2D eigenvalue weighted by molar-refractivity contribution is -0.119. The predicted octanol–water partition coefficient (Wildman–Crippen LogP) is 3.96. The molecule has 3 aromatic rings. The van der Waals surface area contributed by atoms with E-state index in [9.17, 15) is 9.59 Å². The second-order valence-corrected chi connectivity index (χ2v) is 7.92. The minimum atomic E-state index is -0.188. The van der Waals surface area contributed by atoms with E-state index in [1.54, 1.807) is 22.8 Å². The number of benzene rings is 2. The Labute approximate surface area is 166 Å². The van der Waals surface area contributed by atoms with E-state index in [0.29, 0.717) is 26.8 Å². The molecule has 0 unspecified atom stereocenters. The molecule has 1 amide bonds. The third-order valence-corrected chi connectivity index (χ3v) is 5.05. The molecule has 27 heavy (non-hydrogen) atoms. The summed E-state index contributed by atoms with van der Waals surface area (Å²) in [5.74, 6) is 0.0635. The lowest BCUT2D eigenvalue weighted by atomic mass is 10.2. The van der Waals surface area contributed by atoms with Gasteiger partial charge in [0.05, 0.1) is 22.3 Å². The van der Waals surface area contributed by atoms with Crippen molar-refractivity contribution in [1.29, 1.82) is 0 Å². The Morgan fingerprint density at radius 1 is 1.22 bits per heavy atom. The highest BCUT2D eigenvalue weighted by Crippen LogP contribution is 2.23. The molecule has 0 spiro atoms. The number of hydrogen-bond acceptors (Lipinski definition) is 4. The van der Waals surface area contributed by atoms with Crippen LogP contribution in [0.5, 0.6) is 0 Å². The summed E-state index contributed by atoms with van der Waals surface area (Å²) in [5, 5.41) is 4.29. The average Bonchev–Trinajstić information content (AvgIpc) is 2.60. The van der Waals surface area contributed by atoms with E-state index >= 15 is 0 Å². The number of carbonyl (C=O) groups is 1. The summed E-state index contributed by atoms with van der Waals surface area (Å²) in [6.45, 7) is 5.79. The molecule has 0 aliphatic carbocycles. The van der Waals surface area contributed by atoms with Gasteiger partial charge >= 0.3 is 0 Å². The van der Waals surface area contributed by atoms with Crippen LogP contribution in [0.4, 0.5) is 0 Å². The smallest absolute Gasteiger partial charge is 0.266 e. The van der Waals surface area contributed by atoms with Crippen molar-refractivity contribution in [2.45, 2.75) is 32.0 Å². The molecule has 2 aromatic carbocycles. The van der Waals surface area contributed by atoms with Crippen LogP contribution in [0.1, 0.15) is 19.4 Å². The quantitative estimate of drug-likeness (QED) is 0.519. The zero-order chi connectivity index (χ0) is 19.6. The topological polar surface area (TPSA) is 64.0 Å². The van der Waals surface area contributed by atoms with Gasteiger partial charge in [-0.05, 0) is 51.1 Å². The number of rotatable bonds is 5. The van der Waals surface area contributed by atoms with Crippen LogP contribution in [0.2, 0.25) is 5.02 Å². The first-order valence-electron chi connectivity index (χ1n) is 8.56. The number of carbonyl (C=O) groups excluding carboxylic acids is 1. The fourth-order valence-electron chi connectivity index (χ4n) is 2.65. The lowest BCUT2D eigenvalue weighted by Gasteiger charge is -2.14. The molecule has 1 aromatic heterocycles. The van der Waals surface area contributed by atoms with Crippen LogP contribution in [0.15, 0.2) is 52.4 Å². The molecule has 3 rings (SSSR count). The lowest BCUT2D eigenvalue weighted by Crippen LogP contribution is -2.32. The highest BCUT2D eigenvalue weighted by molar-refractivity contribution is 7.99. The minimum Gasteiger partial charge on any atom is -0.353 e. The molecular weight excluding hydrogens is 382 g/mol. The second-order valence-electron chi connectivity index (χ2n) is 6.54. The maximum Gasteiger partial charge on any atom is 0.266 e. The molecule has 0 bridgehead atoms. The van der Waals surface area contributed by atoms with Crippen molar-refractivity contribution < 1.29 is 4.79 Å². The highest BCUT2D eigenvalue weighted by atomic mass is 35.5. The number of halogens is 1. The van der Waals surface area contributed by atoms with E-state index in [-0.39, 0.29) is 23.3 Å². The molecule has 0 aliphatic rings. The van der Waals surface area contributed by atoms with Crippen LogP contribution in [0.3, 0.4) is 0 Å². The van der Waals surface area contributed by atoms with Crippen LogP contribution < -0.4 is 10.9 Å². The van der Waals surface area contributed by atoms with Gasteiger partial charge in [0.25, 0.3) is 5.56 Å². The van der Waals surface area contributed by atoms with Gasteiger partial charge in [-0.25, -0.2) is 4.98 Å². The second kappa shape index (κ2) is 8.15. The number of nitrogens with one attached hydrogen (secondary N) is 1.